The van der Waals surface area contributed by atoms with Crippen LogP contribution in [0.4, 0.5) is 4.79 Å². The fourth-order valence-corrected chi connectivity index (χ4v) is 7.56. The van der Waals surface area contributed by atoms with Gasteiger partial charge in [0.25, 0.3) is 5.91 Å². The molecule has 0 bridgehead atoms. The summed E-state index contributed by atoms with van der Waals surface area (Å²) in [5, 5.41) is 6.35. The molecule has 272 valence electrons. The second-order valence-electron chi connectivity index (χ2n) is 14.4. The van der Waals surface area contributed by atoms with E-state index < -0.39 is 74.3 Å². The normalized spacial score (nSPS) is 24.4. The lowest BCUT2D eigenvalue weighted by Crippen LogP contribution is -2.59. The van der Waals surface area contributed by atoms with E-state index in [1.165, 1.54) is 11.0 Å². The Morgan fingerprint density at radius 2 is 1.90 bits per heavy atom. The molecule has 15 heteroatoms. The SMILES string of the molecule is C=C[C@H]1C[C@@]1(NC(=O)[C@@H]1C[C@@H](Oc2nccc3cc(OC)ccc23)CN1C(=O)C(NC(=O)OC(C)(C)C)[C@H](C)CC)C(=O)NS(=O)(=O)C1CC1. The van der Waals surface area contributed by atoms with Gasteiger partial charge in [-0.1, -0.05) is 26.3 Å². The molecule has 1 aromatic heterocycles. The van der Waals surface area contributed by atoms with Crippen LogP contribution >= 0.6 is 0 Å². The Morgan fingerprint density at radius 1 is 1.18 bits per heavy atom. The number of amides is 4. The van der Waals surface area contributed by atoms with Gasteiger partial charge in [0.2, 0.25) is 27.7 Å². The number of nitrogens with one attached hydrogen (secondary N) is 3. The topological polar surface area (TPSA) is 182 Å². The minimum Gasteiger partial charge on any atom is -0.497 e. The van der Waals surface area contributed by atoms with Crippen LogP contribution in [0.25, 0.3) is 10.8 Å². The van der Waals surface area contributed by atoms with Crippen molar-refractivity contribution >= 4 is 44.6 Å². The van der Waals surface area contributed by atoms with Gasteiger partial charge in [0.15, 0.2) is 0 Å². The molecule has 3 fully saturated rings. The Balaban J connectivity index is 1.44. The zero-order chi connectivity index (χ0) is 36.6. The fraction of sp³-hybridized carbons (Fsp3) is 0.571. The second-order valence-corrected chi connectivity index (χ2v) is 16.3. The van der Waals surface area contributed by atoms with Crippen molar-refractivity contribution in [3.05, 3.63) is 43.1 Å². The molecule has 0 radical (unpaired) electrons. The lowest BCUT2D eigenvalue weighted by Gasteiger charge is -2.32. The van der Waals surface area contributed by atoms with Gasteiger partial charge in [0.1, 0.15) is 35.1 Å². The van der Waals surface area contributed by atoms with Gasteiger partial charge >= 0.3 is 6.09 Å². The zero-order valence-corrected chi connectivity index (χ0v) is 30.2. The highest BCUT2D eigenvalue weighted by Crippen LogP contribution is 2.45. The number of nitrogens with zero attached hydrogens (tertiary/aromatic N) is 2. The van der Waals surface area contributed by atoms with E-state index in [9.17, 15) is 27.6 Å². The molecule has 0 spiro atoms. The Hall–Kier alpha value is -4.40. The number of ether oxygens (including phenoxy) is 3. The predicted molar refractivity (Wildman–Crippen MR) is 185 cm³/mol. The molecule has 14 nitrogen and oxygen atoms in total. The zero-order valence-electron chi connectivity index (χ0n) is 29.4. The van der Waals surface area contributed by atoms with E-state index in [2.05, 4.69) is 26.9 Å². The fourth-order valence-electron chi connectivity index (χ4n) is 6.20. The number of hydrogen-bond acceptors (Lipinski definition) is 10. The molecule has 2 aromatic rings. The summed E-state index contributed by atoms with van der Waals surface area (Å²) in [5.41, 5.74) is -2.36. The first kappa shape index (κ1) is 36.9. The molecule has 2 heterocycles. The maximum absolute atomic E-state index is 14.4. The number of carbonyl (C=O) groups is 4. The molecule has 1 aliphatic heterocycles. The summed E-state index contributed by atoms with van der Waals surface area (Å²) >= 11 is 0. The third-order valence-corrected chi connectivity index (χ3v) is 11.3. The van der Waals surface area contributed by atoms with E-state index in [4.69, 9.17) is 14.2 Å². The van der Waals surface area contributed by atoms with Crippen LogP contribution in [-0.4, -0.2) is 90.3 Å². The van der Waals surface area contributed by atoms with Gasteiger partial charge in [-0.05, 0) is 75.6 Å². The lowest BCUT2D eigenvalue weighted by atomic mass is 9.97. The van der Waals surface area contributed by atoms with Crippen molar-refractivity contribution in [2.24, 2.45) is 11.8 Å². The predicted octanol–water partition coefficient (Wildman–Crippen LogP) is 3.20. The van der Waals surface area contributed by atoms with Crippen LogP contribution in [0.5, 0.6) is 11.6 Å². The van der Waals surface area contributed by atoms with Crippen LogP contribution in [0.15, 0.2) is 43.1 Å². The lowest BCUT2D eigenvalue weighted by molar-refractivity contribution is -0.142. The molecule has 3 N–H and O–H groups in total. The van der Waals surface area contributed by atoms with Crippen LogP contribution in [0.3, 0.4) is 0 Å². The molecule has 1 unspecified atom stereocenters. The summed E-state index contributed by atoms with van der Waals surface area (Å²) in [4.78, 5) is 60.6. The Bertz CT molecular complexity index is 1770. The molecule has 2 saturated carbocycles. The van der Waals surface area contributed by atoms with Crippen molar-refractivity contribution in [2.75, 3.05) is 13.7 Å². The second kappa shape index (κ2) is 14.1. The number of carbonyl (C=O) groups excluding carboxylic acids is 4. The molecule has 2 aliphatic carbocycles. The number of hydrogen-bond donors (Lipinski definition) is 3. The van der Waals surface area contributed by atoms with Crippen molar-refractivity contribution in [3.8, 4) is 11.6 Å². The van der Waals surface area contributed by atoms with Gasteiger partial charge in [-0.3, -0.25) is 19.1 Å². The van der Waals surface area contributed by atoms with Crippen LogP contribution in [0.2, 0.25) is 0 Å². The maximum atomic E-state index is 14.4. The average molecular weight is 714 g/mol. The van der Waals surface area contributed by atoms with E-state index in [1.807, 2.05) is 32.0 Å². The first-order chi connectivity index (χ1) is 23.5. The van der Waals surface area contributed by atoms with E-state index in [1.54, 1.807) is 40.1 Å². The maximum Gasteiger partial charge on any atom is 0.408 e. The van der Waals surface area contributed by atoms with Crippen molar-refractivity contribution in [1.29, 1.82) is 0 Å². The quantitative estimate of drug-likeness (QED) is 0.261. The molecule has 1 saturated heterocycles. The number of alkyl carbamates (subject to hydrolysis) is 1. The third kappa shape index (κ3) is 7.98. The molecule has 50 heavy (non-hydrogen) atoms. The van der Waals surface area contributed by atoms with Gasteiger partial charge in [-0.2, -0.15) is 0 Å². The summed E-state index contributed by atoms with van der Waals surface area (Å²) in [6.07, 6.45) is 3.22. The van der Waals surface area contributed by atoms with Gasteiger partial charge in [0, 0.05) is 23.9 Å². The smallest absolute Gasteiger partial charge is 0.408 e. The molecular formula is C35H47N5O9S. The van der Waals surface area contributed by atoms with Crippen molar-refractivity contribution in [3.63, 3.8) is 0 Å². The van der Waals surface area contributed by atoms with Crippen LogP contribution < -0.4 is 24.8 Å². The number of methoxy groups -OCH3 is 1. The number of sulfonamides is 1. The summed E-state index contributed by atoms with van der Waals surface area (Å²) in [5.74, 6) is -1.95. The number of likely N-dealkylation sites (tertiary alicyclic amines) is 1. The minimum atomic E-state index is -3.89. The Kier molecular flexibility index (Phi) is 10.4. The van der Waals surface area contributed by atoms with Crippen LogP contribution in [0, 0.1) is 11.8 Å². The van der Waals surface area contributed by atoms with Gasteiger partial charge in [-0.15, -0.1) is 6.58 Å². The average Bonchev–Trinajstić information content (AvgIpc) is 3.98. The van der Waals surface area contributed by atoms with Crippen LogP contribution in [0.1, 0.15) is 66.7 Å². The Labute approximate surface area is 292 Å². The summed E-state index contributed by atoms with van der Waals surface area (Å²) in [7, 11) is -2.32. The Morgan fingerprint density at radius 3 is 2.50 bits per heavy atom. The van der Waals surface area contributed by atoms with Gasteiger partial charge in [0.05, 0.1) is 18.9 Å². The van der Waals surface area contributed by atoms with Crippen molar-refractivity contribution < 1.29 is 41.8 Å². The minimum absolute atomic E-state index is 0.0300. The number of fused-ring (bicyclic) bond motifs is 1. The number of rotatable bonds is 13. The standard InChI is InChI=1S/C35H47N5O9S/c1-8-20(3)28(37-33(44)49-34(4,5)6)31(42)40-19-24(48-30-26-13-10-23(47-7)16-21(26)14-15-36-30)17-27(40)29(41)38-35(18-22(35)9-2)32(43)39-50(45,46)25-11-12-25/h9-10,13-16,20,22,24-25,27-28H,2,8,11-12,17-19H2,1,3-7H3,(H,37,44)(H,38,41)(H,39,43)/t20-,22+,24-,27+,28?,35+/m1/s1. The highest BCUT2D eigenvalue weighted by atomic mass is 32.2. The van der Waals surface area contributed by atoms with E-state index in [0.717, 1.165) is 5.39 Å². The van der Waals surface area contributed by atoms with E-state index in [-0.39, 0.29) is 25.3 Å². The molecule has 6 atom stereocenters. The molecule has 4 amide bonds. The summed E-state index contributed by atoms with van der Waals surface area (Å²) in [6, 6.07) is 5.05. The molecule has 3 aliphatic rings. The molecule has 1 aromatic carbocycles. The highest BCUT2D eigenvalue weighted by molar-refractivity contribution is 7.91. The summed E-state index contributed by atoms with van der Waals surface area (Å²) < 4.78 is 44.6. The van der Waals surface area contributed by atoms with E-state index in [0.29, 0.717) is 36.3 Å². The first-order valence-electron chi connectivity index (χ1n) is 16.9. The largest absolute Gasteiger partial charge is 0.497 e. The number of benzene rings is 1. The molecular weight excluding hydrogens is 666 g/mol. The van der Waals surface area contributed by atoms with Crippen LogP contribution in [-0.2, 0) is 29.1 Å². The van der Waals surface area contributed by atoms with Crippen molar-refractivity contribution in [1.82, 2.24) is 25.2 Å². The monoisotopic (exact) mass is 713 g/mol. The highest BCUT2D eigenvalue weighted by Gasteiger charge is 2.62. The third-order valence-electron chi connectivity index (χ3n) is 9.46. The van der Waals surface area contributed by atoms with Gasteiger partial charge < -0.3 is 29.7 Å². The number of pyridine rings is 1. The first-order valence-corrected chi connectivity index (χ1v) is 18.5. The summed E-state index contributed by atoms with van der Waals surface area (Å²) in [6.45, 7) is 12.6. The van der Waals surface area contributed by atoms with E-state index >= 15 is 0 Å². The van der Waals surface area contributed by atoms with Crippen molar-refractivity contribution in [2.45, 2.75) is 101 Å². The molecule has 5 rings (SSSR count). The van der Waals surface area contributed by atoms with Gasteiger partial charge in [-0.25, -0.2) is 18.2 Å². The number of aromatic nitrogens is 1.